The van der Waals surface area contributed by atoms with Crippen LogP contribution in [0.4, 0.5) is 0 Å². The molecule has 2 saturated heterocycles. The predicted octanol–water partition coefficient (Wildman–Crippen LogP) is 1.18. The lowest BCUT2D eigenvalue weighted by molar-refractivity contribution is -0.0972. The molecule has 0 aliphatic carbocycles. The summed E-state index contributed by atoms with van der Waals surface area (Å²) in [6.45, 7) is 6.99. The second-order valence-electron chi connectivity index (χ2n) is 4.50. The first-order valence-electron chi connectivity index (χ1n) is 5.77. The lowest BCUT2D eigenvalue weighted by Gasteiger charge is -2.37. The molecule has 0 bridgehead atoms. The average molecular weight is 199 g/mol. The van der Waals surface area contributed by atoms with Gasteiger partial charge < -0.3 is 14.8 Å². The molecule has 3 heteroatoms. The van der Waals surface area contributed by atoms with Crippen LogP contribution in [0.2, 0.25) is 0 Å². The van der Waals surface area contributed by atoms with Crippen LogP contribution in [0.25, 0.3) is 0 Å². The van der Waals surface area contributed by atoms with E-state index in [0.29, 0.717) is 0 Å². The maximum atomic E-state index is 5.88. The monoisotopic (exact) mass is 199 g/mol. The summed E-state index contributed by atoms with van der Waals surface area (Å²) in [6.07, 6.45) is 3.48. The Labute approximate surface area is 86.2 Å². The lowest BCUT2D eigenvalue weighted by Crippen LogP contribution is -2.42. The molecule has 0 aromatic rings. The Morgan fingerprint density at radius 3 is 3.07 bits per heavy atom. The van der Waals surface area contributed by atoms with E-state index in [-0.39, 0.29) is 5.60 Å². The van der Waals surface area contributed by atoms with Gasteiger partial charge >= 0.3 is 0 Å². The Morgan fingerprint density at radius 1 is 1.43 bits per heavy atom. The zero-order valence-electron chi connectivity index (χ0n) is 9.05. The van der Waals surface area contributed by atoms with Crippen molar-refractivity contribution in [3.05, 3.63) is 0 Å². The normalized spacial score (nSPS) is 37.9. The Balaban J connectivity index is 1.83. The third-order valence-corrected chi connectivity index (χ3v) is 3.35. The first kappa shape index (κ1) is 10.4. The van der Waals surface area contributed by atoms with Gasteiger partial charge in [0.15, 0.2) is 0 Å². The molecule has 14 heavy (non-hydrogen) atoms. The second kappa shape index (κ2) is 4.60. The molecule has 0 saturated carbocycles. The van der Waals surface area contributed by atoms with Crippen molar-refractivity contribution in [2.45, 2.75) is 31.8 Å². The SMILES string of the molecule is CCNCC1CCOC2(CCOC2)C1. The highest BCUT2D eigenvalue weighted by Crippen LogP contribution is 2.35. The highest BCUT2D eigenvalue weighted by molar-refractivity contribution is 4.90. The number of ether oxygens (including phenoxy) is 2. The molecule has 0 amide bonds. The van der Waals surface area contributed by atoms with Gasteiger partial charge in [0, 0.05) is 19.6 Å². The Kier molecular flexibility index (Phi) is 3.42. The number of hydrogen-bond donors (Lipinski definition) is 1. The summed E-state index contributed by atoms with van der Waals surface area (Å²) < 4.78 is 11.3. The maximum Gasteiger partial charge on any atom is 0.0939 e. The molecule has 0 aromatic carbocycles. The van der Waals surface area contributed by atoms with Gasteiger partial charge in [0.2, 0.25) is 0 Å². The van der Waals surface area contributed by atoms with Crippen molar-refractivity contribution in [3.63, 3.8) is 0 Å². The largest absolute Gasteiger partial charge is 0.378 e. The van der Waals surface area contributed by atoms with Gasteiger partial charge in [0.05, 0.1) is 12.2 Å². The standard InChI is InChI=1S/C11H21NO2/c1-2-12-8-10-3-5-14-11(7-10)4-6-13-9-11/h10,12H,2-9H2,1H3. The van der Waals surface area contributed by atoms with Crippen molar-refractivity contribution in [2.24, 2.45) is 5.92 Å². The maximum absolute atomic E-state index is 5.88. The van der Waals surface area contributed by atoms with Crippen LogP contribution >= 0.6 is 0 Å². The molecule has 2 aliphatic rings. The van der Waals surface area contributed by atoms with E-state index in [4.69, 9.17) is 9.47 Å². The zero-order valence-corrected chi connectivity index (χ0v) is 9.05. The van der Waals surface area contributed by atoms with Crippen molar-refractivity contribution in [3.8, 4) is 0 Å². The minimum absolute atomic E-state index is 0.0817. The summed E-state index contributed by atoms with van der Waals surface area (Å²) in [5.74, 6) is 0.783. The fraction of sp³-hybridized carbons (Fsp3) is 1.00. The van der Waals surface area contributed by atoms with Gasteiger partial charge in [-0.2, -0.15) is 0 Å². The fourth-order valence-electron chi connectivity index (χ4n) is 2.52. The quantitative estimate of drug-likeness (QED) is 0.740. The lowest BCUT2D eigenvalue weighted by atomic mass is 9.85. The number of hydrogen-bond acceptors (Lipinski definition) is 3. The minimum Gasteiger partial charge on any atom is -0.378 e. The molecule has 3 nitrogen and oxygen atoms in total. The van der Waals surface area contributed by atoms with E-state index in [9.17, 15) is 0 Å². The predicted molar refractivity (Wildman–Crippen MR) is 55.4 cm³/mol. The van der Waals surface area contributed by atoms with Gasteiger partial charge in [0.25, 0.3) is 0 Å². The van der Waals surface area contributed by atoms with Crippen LogP contribution in [0.5, 0.6) is 0 Å². The molecule has 0 aromatic heterocycles. The van der Waals surface area contributed by atoms with Gasteiger partial charge in [-0.05, 0) is 31.8 Å². The first-order valence-corrected chi connectivity index (χ1v) is 5.77. The fourth-order valence-corrected chi connectivity index (χ4v) is 2.52. The Hall–Kier alpha value is -0.120. The number of rotatable bonds is 3. The van der Waals surface area contributed by atoms with Crippen molar-refractivity contribution in [2.75, 3.05) is 32.9 Å². The van der Waals surface area contributed by atoms with Crippen molar-refractivity contribution in [1.82, 2.24) is 5.32 Å². The highest BCUT2D eigenvalue weighted by Gasteiger charge is 2.40. The summed E-state index contributed by atoms with van der Waals surface area (Å²) in [4.78, 5) is 0. The average Bonchev–Trinajstić information content (AvgIpc) is 2.63. The first-order chi connectivity index (χ1) is 6.85. The van der Waals surface area contributed by atoms with Gasteiger partial charge in [-0.1, -0.05) is 6.92 Å². The second-order valence-corrected chi connectivity index (χ2v) is 4.50. The van der Waals surface area contributed by atoms with E-state index in [1.54, 1.807) is 0 Å². The molecular formula is C11H21NO2. The van der Waals surface area contributed by atoms with Gasteiger partial charge in [0.1, 0.15) is 0 Å². The van der Waals surface area contributed by atoms with Crippen molar-refractivity contribution < 1.29 is 9.47 Å². The van der Waals surface area contributed by atoms with Crippen LogP contribution in [-0.2, 0) is 9.47 Å². The zero-order chi connectivity index (χ0) is 9.86. The molecule has 2 atom stereocenters. The van der Waals surface area contributed by atoms with Crippen LogP contribution in [-0.4, -0.2) is 38.5 Å². The topological polar surface area (TPSA) is 30.5 Å². The minimum atomic E-state index is 0.0817. The van der Waals surface area contributed by atoms with E-state index in [1.807, 2.05) is 0 Å². The molecule has 2 heterocycles. The van der Waals surface area contributed by atoms with E-state index >= 15 is 0 Å². The van der Waals surface area contributed by atoms with Crippen LogP contribution in [0.1, 0.15) is 26.2 Å². The Bertz CT molecular complexity index is 178. The molecule has 2 aliphatic heterocycles. The molecule has 2 fully saturated rings. The van der Waals surface area contributed by atoms with Gasteiger partial charge in [-0.15, -0.1) is 0 Å². The summed E-state index contributed by atoms with van der Waals surface area (Å²) >= 11 is 0. The van der Waals surface area contributed by atoms with Crippen LogP contribution in [0.15, 0.2) is 0 Å². The van der Waals surface area contributed by atoms with E-state index in [0.717, 1.165) is 45.2 Å². The van der Waals surface area contributed by atoms with Crippen LogP contribution in [0.3, 0.4) is 0 Å². The van der Waals surface area contributed by atoms with Gasteiger partial charge in [-0.25, -0.2) is 0 Å². The van der Waals surface area contributed by atoms with Crippen LogP contribution < -0.4 is 5.32 Å². The third-order valence-electron chi connectivity index (χ3n) is 3.35. The van der Waals surface area contributed by atoms with E-state index < -0.39 is 0 Å². The van der Waals surface area contributed by atoms with E-state index in [2.05, 4.69) is 12.2 Å². The van der Waals surface area contributed by atoms with E-state index in [1.165, 1.54) is 12.8 Å². The summed E-state index contributed by atoms with van der Waals surface area (Å²) in [7, 11) is 0. The highest BCUT2D eigenvalue weighted by atomic mass is 16.6. The molecule has 2 rings (SSSR count). The molecule has 0 radical (unpaired) electrons. The summed E-state index contributed by atoms with van der Waals surface area (Å²) in [5.41, 5.74) is 0.0817. The third kappa shape index (κ3) is 2.27. The van der Waals surface area contributed by atoms with Crippen molar-refractivity contribution in [1.29, 1.82) is 0 Å². The summed E-state index contributed by atoms with van der Waals surface area (Å²) in [6, 6.07) is 0. The molecular weight excluding hydrogens is 178 g/mol. The van der Waals surface area contributed by atoms with Gasteiger partial charge in [-0.3, -0.25) is 0 Å². The molecule has 1 N–H and O–H groups in total. The molecule has 2 unspecified atom stereocenters. The number of nitrogens with one attached hydrogen (secondary N) is 1. The summed E-state index contributed by atoms with van der Waals surface area (Å²) in [5, 5.41) is 3.43. The molecule has 82 valence electrons. The van der Waals surface area contributed by atoms with Crippen molar-refractivity contribution >= 4 is 0 Å². The molecule has 1 spiro atoms. The van der Waals surface area contributed by atoms with Crippen LogP contribution in [0, 0.1) is 5.92 Å². The Morgan fingerprint density at radius 2 is 2.36 bits per heavy atom. The smallest absolute Gasteiger partial charge is 0.0939 e.